The van der Waals surface area contributed by atoms with Gasteiger partial charge in [-0.15, -0.1) is 0 Å². The number of carbonyl (C=O) groups is 3. The highest BCUT2D eigenvalue weighted by molar-refractivity contribution is 6.05. The van der Waals surface area contributed by atoms with Gasteiger partial charge in [-0.25, -0.2) is 4.79 Å². The number of primary amides is 2. The summed E-state index contributed by atoms with van der Waals surface area (Å²) in [6, 6.07) is -2.16. The van der Waals surface area contributed by atoms with Crippen LogP contribution in [0.3, 0.4) is 0 Å². The summed E-state index contributed by atoms with van der Waals surface area (Å²) in [7, 11) is 0. The first-order valence-electron chi connectivity index (χ1n) is 6.39. The van der Waals surface area contributed by atoms with Gasteiger partial charge < -0.3 is 22.1 Å². The maximum absolute atomic E-state index is 11.5. The summed E-state index contributed by atoms with van der Waals surface area (Å²) < 4.78 is 0. The van der Waals surface area contributed by atoms with Crippen molar-refractivity contribution in [3.05, 3.63) is 0 Å². The minimum Gasteiger partial charge on any atom is -0.367 e. The van der Waals surface area contributed by atoms with Gasteiger partial charge in [0.1, 0.15) is 0 Å². The summed E-state index contributed by atoms with van der Waals surface area (Å²) in [5.74, 6) is -1.33. The molecular weight excluding hydrogens is 248 g/mol. The molecular formula is C12H24N4O3. The van der Waals surface area contributed by atoms with Crippen molar-refractivity contribution in [1.29, 1.82) is 0 Å². The van der Waals surface area contributed by atoms with Crippen molar-refractivity contribution in [3.8, 4) is 0 Å². The fourth-order valence-corrected chi connectivity index (χ4v) is 1.58. The Kier molecular flexibility index (Phi) is 7.55. The molecule has 7 heteroatoms. The highest BCUT2D eigenvalue weighted by Gasteiger charge is 2.24. The van der Waals surface area contributed by atoms with Crippen LogP contribution in [0.1, 0.15) is 40.0 Å². The average Bonchev–Trinajstić information content (AvgIpc) is 2.24. The molecule has 0 rings (SSSR count). The van der Waals surface area contributed by atoms with Gasteiger partial charge in [-0.05, 0) is 19.3 Å². The minimum absolute atomic E-state index is 0.0554. The molecule has 0 spiro atoms. The topological polar surface area (TPSA) is 127 Å². The van der Waals surface area contributed by atoms with E-state index in [4.69, 9.17) is 11.5 Å². The SMILES string of the molecule is CC(C)CCC[C@H](C)NC(=O)NC(C(N)=O)C(N)=O. The number of nitrogens with two attached hydrogens (primary N) is 2. The van der Waals surface area contributed by atoms with E-state index in [1.165, 1.54) is 0 Å². The largest absolute Gasteiger partial charge is 0.367 e. The minimum atomic E-state index is -1.48. The quantitative estimate of drug-likeness (QED) is 0.458. The van der Waals surface area contributed by atoms with E-state index in [1.807, 2.05) is 6.92 Å². The summed E-state index contributed by atoms with van der Waals surface area (Å²) in [6.07, 6.45) is 2.90. The zero-order chi connectivity index (χ0) is 15.0. The molecule has 0 saturated carbocycles. The van der Waals surface area contributed by atoms with Crippen LogP contribution in [-0.2, 0) is 9.59 Å². The number of hydrogen-bond donors (Lipinski definition) is 4. The van der Waals surface area contributed by atoms with E-state index in [-0.39, 0.29) is 6.04 Å². The van der Waals surface area contributed by atoms with Gasteiger partial charge in [0.25, 0.3) is 0 Å². The summed E-state index contributed by atoms with van der Waals surface area (Å²) in [4.78, 5) is 33.3. The molecule has 0 bridgehead atoms. The van der Waals surface area contributed by atoms with E-state index < -0.39 is 23.9 Å². The van der Waals surface area contributed by atoms with E-state index >= 15 is 0 Å². The van der Waals surface area contributed by atoms with Gasteiger partial charge >= 0.3 is 6.03 Å². The van der Waals surface area contributed by atoms with Crippen molar-refractivity contribution >= 4 is 17.8 Å². The standard InChI is InChI=1S/C12H24N4O3/c1-7(2)5-4-6-8(3)15-12(19)16-9(10(13)17)11(14)18/h7-9H,4-6H2,1-3H3,(H2,13,17)(H2,14,18)(H2,15,16,19)/t8-/m0/s1. The molecule has 0 aromatic heterocycles. The molecule has 1 atom stereocenters. The van der Waals surface area contributed by atoms with Crippen molar-refractivity contribution < 1.29 is 14.4 Å². The van der Waals surface area contributed by atoms with Gasteiger partial charge in [0, 0.05) is 6.04 Å². The third-order valence-corrected chi connectivity index (χ3v) is 2.64. The van der Waals surface area contributed by atoms with Crippen molar-refractivity contribution in [2.45, 2.75) is 52.1 Å². The molecule has 4 amide bonds. The van der Waals surface area contributed by atoms with Crippen LogP contribution in [0, 0.1) is 5.92 Å². The fourth-order valence-electron chi connectivity index (χ4n) is 1.58. The Labute approximate surface area is 113 Å². The molecule has 0 aromatic carbocycles. The molecule has 110 valence electrons. The fraction of sp³-hybridized carbons (Fsp3) is 0.750. The van der Waals surface area contributed by atoms with Gasteiger partial charge in [-0.3, -0.25) is 9.59 Å². The Morgan fingerprint density at radius 1 is 0.947 bits per heavy atom. The Morgan fingerprint density at radius 3 is 1.89 bits per heavy atom. The van der Waals surface area contributed by atoms with Crippen LogP contribution in [0.5, 0.6) is 0 Å². The zero-order valence-corrected chi connectivity index (χ0v) is 11.7. The zero-order valence-electron chi connectivity index (χ0n) is 11.7. The smallest absolute Gasteiger partial charge is 0.316 e. The van der Waals surface area contributed by atoms with Gasteiger partial charge in [0.15, 0.2) is 6.04 Å². The van der Waals surface area contributed by atoms with Crippen LogP contribution in [0.15, 0.2) is 0 Å². The average molecular weight is 272 g/mol. The first kappa shape index (κ1) is 17.2. The second-order valence-electron chi connectivity index (χ2n) is 5.08. The van der Waals surface area contributed by atoms with Crippen molar-refractivity contribution in [2.75, 3.05) is 0 Å². The van der Waals surface area contributed by atoms with E-state index in [0.29, 0.717) is 5.92 Å². The summed E-state index contributed by atoms with van der Waals surface area (Å²) >= 11 is 0. The maximum Gasteiger partial charge on any atom is 0.316 e. The molecule has 0 radical (unpaired) electrons. The summed E-state index contributed by atoms with van der Waals surface area (Å²) in [5.41, 5.74) is 9.90. The molecule has 0 fully saturated rings. The molecule has 0 heterocycles. The number of rotatable bonds is 8. The van der Waals surface area contributed by atoms with Crippen molar-refractivity contribution in [1.82, 2.24) is 10.6 Å². The van der Waals surface area contributed by atoms with Gasteiger partial charge in [0.2, 0.25) is 11.8 Å². The predicted molar refractivity (Wildman–Crippen MR) is 72.0 cm³/mol. The van der Waals surface area contributed by atoms with Crippen LogP contribution in [0.4, 0.5) is 4.79 Å². The summed E-state index contributed by atoms with van der Waals surface area (Å²) in [5, 5.41) is 4.78. The number of urea groups is 1. The van der Waals surface area contributed by atoms with Crippen LogP contribution in [-0.4, -0.2) is 29.9 Å². The molecule has 0 aliphatic rings. The van der Waals surface area contributed by atoms with E-state index in [2.05, 4.69) is 24.5 Å². The van der Waals surface area contributed by atoms with Gasteiger partial charge in [-0.2, -0.15) is 0 Å². The lowest BCUT2D eigenvalue weighted by Crippen LogP contribution is -2.55. The third kappa shape index (κ3) is 8.01. The number of hydrogen-bond acceptors (Lipinski definition) is 3. The monoisotopic (exact) mass is 272 g/mol. The third-order valence-electron chi connectivity index (χ3n) is 2.64. The van der Waals surface area contributed by atoms with Gasteiger partial charge in [0.05, 0.1) is 0 Å². The summed E-state index contributed by atoms with van der Waals surface area (Å²) in [6.45, 7) is 6.12. The maximum atomic E-state index is 11.5. The van der Waals surface area contributed by atoms with E-state index in [1.54, 1.807) is 0 Å². The lowest BCUT2D eigenvalue weighted by Gasteiger charge is -2.17. The lowest BCUT2D eigenvalue weighted by atomic mass is 10.0. The second kappa shape index (κ2) is 8.34. The first-order chi connectivity index (χ1) is 8.73. The Bertz CT molecular complexity index is 317. The molecule has 0 saturated heterocycles. The van der Waals surface area contributed by atoms with Crippen LogP contribution >= 0.6 is 0 Å². The molecule has 7 nitrogen and oxygen atoms in total. The van der Waals surface area contributed by atoms with Crippen LogP contribution in [0.2, 0.25) is 0 Å². The molecule has 6 N–H and O–H groups in total. The lowest BCUT2D eigenvalue weighted by molar-refractivity contribution is -0.128. The molecule has 0 unspecified atom stereocenters. The van der Waals surface area contributed by atoms with E-state index in [0.717, 1.165) is 19.3 Å². The number of nitrogens with one attached hydrogen (secondary N) is 2. The molecule has 0 aliphatic carbocycles. The normalized spacial score (nSPS) is 12.3. The van der Waals surface area contributed by atoms with Crippen LogP contribution in [0.25, 0.3) is 0 Å². The Hall–Kier alpha value is -1.79. The molecule has 0 aliphatic heterocycles. The van der Waals surface area contributed by atoms with Crippen molar-refractivity contribution in [3.63, 3.8) is 0 Å². The first-order valence-corrected chi connectivity index (χ1v) is 6.39. The highest BCUT2D eigenvalue weighted by Crippen LogP contribution is 2.08. The van der Waals surface area contributed by atoms with Crippen LogP contribution < -0.4 is 22.1 Å². The molecule has 0 aromatic rings. The van der Waals surface area contributed by atoms with Gasteiger partial charge in [-0.1, -0.05) is 26.7 Å². The molecule has 19 heavy (non-hydrogen) atoms. The number of carbonyl (C=O) groups excluding carboxylic acids is 3. The highest BCUT2D eigenvalue weighted by atomic mass is 16.2. The second-order valence-corrected chi connectivity index (χ2v) is 5.08. The predicted octanol–water partition coefficient (Wildman–Crippen LogP) is -0.160. The Balaban J connectivity index is 4.08. The number of amides is 4. The van der Waals surface area contributed by atoms with E-state index in [9.17, 15) is 14.4 Å². The Morgan fingerprint density at radius 2 is 1.47 bits per heavy atom. The van der Waals surface area contributed by atoms with Crippen molar-refractivity contribution in [2.24, 2.45) is 17.4 Å².